The molecule has 1 N–H and O–H groups in total. The van der Waals surface area contributed by atoms with Crippen LogP contribution in [0.5, 0.6) is 11.5 Å². The van der Waals surface area contributed by atoms with Gasteiger partial charge in [0.1, 0.15) is 11.8 Å². The van der Waals surface area contributed by atoms with Crippen molar-refractivity contribution in [2.24, 2.45) is 5.92 Å². The topological polar surface area (TPSA) is 73.9 Å². The maximum Gasteiger partial charge on any atom is 0.513 e. The molecule has 2 atom stereocenters. The van der Waals surface area contributed by atoms with Crippen molar-refractivity contribution < 1.29 is 45.1 Å². The van der Waals surface area contributed by atoms with Crippen LogP contribution in [-0.2, 0) is 20.5 Å². The Morgan fingerprint density at radius 3 is 1.81 bits per heavy atom. The quantitative estimate of drug-likeness (QED) is 0.0531. The lowest BCUT2D eigenvalue weighted by atomic mass is 9.97. The van der Waals surface area contributed by atoms with Crippen molar-refractivity contribution in [2.45, 2.75) is 64.8 Å². The number of nitrogens with one attached hydrogen (secondary N) is 1. The first-order valence-corrected chi connectivity index (χ1v) is 15.7. The van der Waals surface area contributed by atoms with Gasteiger partial charge in [-0.2, -0.15) is 13.9 Å². The van der Waals surface area contributed by atoms with Crippen LogP contribution in [0.2, 0.25) is 0 Å². The van der Waals surface area contributed by atoms with Crippen molar-refractivity contribution in [2.75, 3.05) is 6.61 Å². The van der Waals surface area contributed by atoms with E-state index in [1.807, 2.05) is 0 Å². The Kier molecular flexibility index (Phi) is 13.0. The van der Waals surface area contributed by atoms with Gasteiger partial charge in [0.2, 0.25) is 34.8 Å². The van der Waals surface area contributed by atoms with Crippen LogP contribution in [0.15, 0.2) is 60.7 Å². The predicted molar refractivity (Wildman–Crippen MR) is 152 cm³/mol. The zero-order valence-corrected chi connectivity index (χ0v) is 24.9. The molecule has 3 rings (SSSR count). The van der Waals surface area contributed by atoms with E-state index in [-0.39, 0.29) is 24.7 Å². The highest BCUT2D eigenvalue weighted by Gasteiger charge is 2.40. The Balaban J connectivity index is 1.97. The Morgan fingerprint density at radius 2 is 1.28 bits per heavy atom. The van der Waals surface area contributed by atoms with Crippen molar-refractivity contribution in [1.29, 1.82) is 0 Å². The zero-order valence-electron chi connectivity index (χ0n) is 24.0. The second-order valence-corrected chi connectivity index (χ2v) is 11.7. The zero-order chi connectivity index (χ0) is 31.4. The Bertz CT molecular complexity index is 1340. The fraction of sp³-hybridized carbons (Fsp3) is 0.387. The van der Waals surface area contributed by atoms with Crippen molar-refractivity contribution >= 4 is 13.7 Å². The van der Waals surface area contributed by atoms with Gasteiger partial charge in [-0.05, 0) is 42.9 Å². The summed E-state index contributed by atoms with van der Waals surface area (Å²) in [5, 5.41) is 2.36. The second kappa shape index (κ2) is 16.4. The van der Waals surface area contributed by atoms with E-state index >= 15 is 0 Å². The van der Waals surface area contributed by atoms with Gasteiger partial charge < -0.3 is 13.8 Å². The second-order valence-electron chi connectivity index (χ2n) is 10.0. The Hall–Kier alpha value is -3.43. The lowest BCUT2D eigenvalue weighted by molar-refractivity contribution is -0.147. The highest BCUT2D eigenvalue weighted by molar-refractivity contribution is 7.52. The van der Waals surface area contributed by atoms with E-state index < -0.39 is 54.6 Å². The highest BCUT2D eigenvalue weighted by Crippen LogP contribution is 2.48. The molecule has 0 heterocycles. The SMILES string of the molecule is CCCCC(CCCC)COC(=O)[C@H](Cc1ccccc1)N[P@](=O)(Oc1ccccc1)Oc1c(F)c(F)c(F)c(F)c1F. The van der Waals surface area contributed by atoms with Gasteiger partial charge in [-0.15, -0.1) is 0 Å². The standard InChI is InChI=1S/C31H35F5NO5P/c1-3-5-13-22(14-6-4-2)20-40-31(38)24(19-21-15-9-7-10-16-21)37-43(39,41-23-17-11-8-12-18-23)42-30-28(35)26(33)25(32)27(34)29(30)36/h7-12,15-18,22,24H,3-6,13-14,19-20H2,1-2H3,(H,37,39)/t24-,43-/m0/s1. The van der Waals surface area contributed by atoms with Gasteiger partial charge in [-0.25, -0.2) is 17.7 Å². The summed E-state index contributed by atoms with van der Waals surface area (Å²) in [5.74, 6) is -14.5. The van der Waals surface area contributed by atoms with E-state index in [1.54, 1.807) is 36.4 Å². The van der Waals surface area contributed by atoms with Crippen LogP contribution in [0.1, 0.15) is 57.9 Å². The molecule has 0 aliphatic carbocycles. The molecule has 0 unspecified atom stereocenters. The lowest BCUT2D eigenvalue weighted by Gasteiger charge is -2.26. The minimum Gasteiger partial charge on any atom is -0.464 e. The van der Waals surface area contributed by atoms with Crippen molar-refractivity contribution in [3.63, 3.8) is 0 Å². The summed E-state index contributed by atoms with van der Waals surface area (Å²) in [5.41, 5.74) is 0.591. The molecule has 43 heavy (non-hydrogen) atoms. The third-order valence-corrected chi connectivity index (χ3v) is 8.13. The van der Waals surface area contributed by atoms with Gasteiger partial charge in [0.25, 0.3) is 0 Å². The van der Waals surface area contributed by atoms with Crippen LogP contribution >= 0.6 is 7.75 Å². The fourth-order valence-electron chi connectivity index (χ4n) is 4.30. The van der Waals surface area contributed by atoms with Crippen LogP contribution in [0.4, 0.5) is 22.0 Å². The number of rotatable bonds is 17. The molecule has 0 aliphatic rings. The Morgan fingerprint density at radius 1 is 0.767 bits per heavy atom. The summed E-state index contributed by atoms with van der Waals surface area (Å²) in [4.78, 5) is 13.4. The van der Waals surface area contributed by atoms with Gasteiger partial charge >= 0.3 is 13.7 Å². The van der Waals surface area contributed by atoms with Gasteiger partial charge in [0.05, 0.1) is 6.61 Å². The van der Waals surface area contributed by atoms with Gasteiger partial charge in [-0.3, -0.25) is 4.79 Å². The number of hydrogen-bond acceptors (Lipinski definition) is 5. The summed E-state index contributed by atoms with van der Waals surface area (Å²) < 4.78 is 101. The molecular weight excluding hydrogens is 592 g/mol. The summed E-state index contributed by atoms with van der Waals surface area (Å²) in [7, 11) is -5.09. The molecule has 0 spiro atoms. The van der Waals surface area contributed by atoms with E-state index in [1.165, 1.54) is 24.3 Å². The number of ether oxygens (including phenoxy) is 1. The summed E-state index contributed by atoms with van der Waals surface area (Å²) in [6.07, 6.45) is 5.34. The molecule has 0 bridgehead atoms. The minimum atomic E-state index is -5.09. The molecule has 0 saturated carbocycles. The molecule has 6 nitrogen and oxygen atoms in total. The van der Waals surface area contributed by atoms with Gasteiger partial charge in [0, 0.05) is 0 Å². The molecule has 0 radical (unpaired) electrons. The molecule has 0 fully saturated rings. The monoisotopic (exact) mass is 627 g/mol. The van der Waals surface area contributed by atoms with Crippen LogP contribution in [0, 0.1) is 35.0 Å². The smallest absolute Gasteiger partial charge is 0.464 e. The van der Waals surface area contributed by atoms with Crippen molar-refractivity contribution in [3.05, 3.63) is 95.3 Å². The number of carbonyl (C=O) groups is 1. The molecule has 0 saturated heterocycles. The van der Waals surface area contributed by atoms with Crippen LogP contribution in [0.25, 0.3) is 0 Å². The molecular formula is C31H35F5NO5P. The third-order valence-electron chi connectivity index (χ3n) is 6.62. The number of hydrogen-bond donors (Lipinski definition) is 1. The maximum absolute atomic E-state index is 14.6. The predicted octanol–water partition coefficient (Wildman–Crippen LogP) is 8.69. The van der Waals surface area contributed by atoms with Gasteiger partial charge in [-0.1, -0.05) is 88.1 Å². The van der Waals surface area contributed by atoms with Gasteiger partial charge in [0.15, 0.2) is 0 Å². The lowest BCUT2D eigenvalue weighted by Crippen LogP contribution is -2.40. The normalized spacial score (nSPS) is 13.4. The number of unbranched alkanes of at least 4 members (excludes halogenated alkanes) is 2. The summed E-state index contributed by atoms with van der Waals surface area (Å²) in [6.45, 7) is 4.18. The first kappa shape index (κ1) is 34.1. The fourth-order valence-corrected chi connectivity index (χ4v) is 5.82. The number of esters is 1. The first-order valence-electron chi connectivity index (χ1n) is 14.1. The maximum atomic E-state index is 14.6. The van der Waals surface area contributed by atoms with Crippen molar-refractivity contribution in [3.8, 4) is 11.5 Å². The van der Waals surface area contributed by atoms with E-state index in [0.717, 1.165) is 38.5 Å². The molecule has 0 amide bonds. The average Bonchev–Trinajstić information content (AvgIpc) is 3.01. The molecule has 3 aromatic carbocycles. The summed E-state index contributed by atoms with van der Waals surface area (Å²) in [6, 6.07) is 14.3. The number of carbonyl (C=O) groups excluding carboxylic acids is 1. The van der Waals surface area contributed by atoms with Crippen molar-refractivity contribution in [1.82, 2.24) is 5.09 Å². The van der Waals surface area contributed by atoms with Crippen LogP contribution in [0.3, 0.4) is 0 Å². The molecule has 3 aromatic rings. The van der Waals surface area contributed by atoms with E-state index in [0.29, 0.717) is 5.56 Å². The number of benzene rings is 3. The number of halogens is 5. The average molecular weight is 628 g/mol. The largest absolute Gasteiger partial charge is 0.513 e. The third kappa shape index (κ3) is 9.79. The first-order chi connectivity index (χ1) is 20.6. The van der Waals surface area contributed by atoms with E-state index in [2.05, 4.69) is 18.9 Å². The minimum absolute atomic E-state index is 0.0775. The van der Waals surface area contributed by atoms with E-state index in [9.17, 15) is 31.3 Å². The molecule has 0 aromatic heterocycles. The van der Waals surface area contributed by atoms with Crippen LogP contribution < -0.4 is 14.1 Å². The highest BCUT2D eigenvalue weighted by atomic mass is 31.2. The molecule has 234 valence electrons. The van der Waals surface area contributed by atoms with Crippen LogP contribution in [-0.4, -0.2) is 18.6 Å². The summed E-state index contributed by atoms with van der Waals surface area (Å²) >= 11 is 0. The molecule has 12 heteroatoms. The number of para-hydroxylation sites is 1. The molecule has 0 aliphatic heterocycles. The Labute approximate surface area is 248 Å². The van der Waals surface area contributed by atoms with E-state index in [4.69, 9.17) is 13.8 Å².